The summed E-state index contributed by atoms with van der Waals surface area (Å²) in [6, 6.07) is 2.77. The summed E-state index contributed by atoms with van der Waals surface area (Å²) in [7, 11) is 0. The van der Waals surface area contributed by atoms with Gasteiger partial charge in [0.05, 0.1) is 6.26 Å². The van der Waals surface area contributed by atoms with Crippen LogP contribution in [0.5, 0.6) is 0 Å². The van der Waals surface area contributed by atoms with Gasteiger partial charge in [0.1, 0.15) is 0 Å². The van der Waals surface area contributed by atoms with Crippen molar-refractivity contribution in [2.75, 3.05) is 0 Å². The minimum Gasteiger partial charge on any atom is -0.479 e. The van der Waals surface area contributed by atoms with Crippen LogP contribution in [0.2, 0.25) is 0 Å². The first kappa shape index (κ1) is 11.2. The van der Waals surface area contributed by atoms with Gasteiger partial charge in [0.2, 0.25) is 6.10 Å². The second-order valence-electron chi connectivity index (χ2n) is 2.55. The molecule has 3 N–H and O–H groups in total. The van der Waals surface area contributed by atoms with Gasteiger partial charge in [-0.3, -0.25) is 0 Å². The van der Waals surface area contributed by atoms with Crippen LogP contribution in [0, 0.1) is 0 Å². The van der Waals surface area contributed by atoms with E-state index in [4.69, 9.17) is 15.3 Å². The summed E-state index contributed by atoms with van der Waals surface area (Å²) < 4.78 is 8.89. The van der Waals surface area contributed by atoms with Gasteiger partial charge in [-0.15, -0.1) is 0 Å². The fourth-order valence-electron chi connectivity index (χ4n) is 0.765. The van der Waals surface area contributed by atoms with Gasteiger partial charge in [-0.25, -0.2) is 9.59 Å². The van der Waals surface area contributed by atoms with E-state index in [1.54, 1.807) is 0 Å². The molecule has 0 spiro atoms. The van der Waals surface area contributed by atoms with Gasteiger partial charge < -0.3 is 24.5 Å². The third kappa shape index (κ3) is 2.79. The van der Waals surface area contributed by atoms with Gasteiger partial charge in [-0.05, 0) is 12.1 Å². The Kier molecular flexibility index (Phi) is 3.42. The number of aliphatic hydroxyl groups is 2. The fourth-order valence-corrected chi connectivity index (χ4v) is 0.765. The van der Waals surface area contributed by atoms with Gasteiger partial charge in [0.15, 0.2) is 5.76 Å². The standard InChI is InChI=1S/C8H8O7/c9-5(6(10)11)8(13)15-7(12)4-2-1-3-14-4/h1-3,5,7,9,12H,(H,10,11). The molecule has 0 aliphatic heterocycles. The van der Waals surface area contributed by atoms with Crippen LogP contribution in [0.25, 0.3) is 0 Å². The Morgan fingerprint density at radius 1 is 1.40 bits per heavy atom. The van der Waals surface area contributed by atoms with Crippen molar-refractivity contribution in [3.05, 3.63) is 24.2 Å². The van der Waals surface area contributed by atoms with E-state index >= 15 is 0 Å². The number of carbonyl (C=O) groups excluding carboxylic acids is 1. The lowest BCUT2D eigenvalue weighted by atomic mass is 10.3. The molecule has 0 radical (unpaired) electrons. The van der Waals surface area contributed by atoms with E-state index in [1.807, 2.05) is 0 Å². The van der Waals surface area contributed by atoms with Crippen molar-refractivity contribution < 1.29 is 34.1 Å². The van der Waals surface area contributed by atoms with Crippen LogP contribution in [0.1, 0.15) is 12.1 Å². The van der Waals surface area contributed by atoms with E-state index in [1.165, 1.54) is 18.4 Å². The number of furan rings is 1. The van der Waals surface area contributed by atoms with Gasteiger partial charge in [0.25, 0.3) is 6.29 Å². The van der Waals surface area contributed by atoms with Gasteiger partial charge in [-0.1, -0.05) is 0 Å². The molecule has 0 fully saturated rings. The smallest absolute Gasteiger partial charge is 0.349 e. The molecule has 15 heavy (non-hydrogen) atoms. The Labute approximate surface area is 83.5 Å². The number of rotatable bonds is 4. The van der Waals surface area contributed by atoms with E-state index in [-0.39, 0.29) is 5.76 Å². The van der Waals surface area contributed by atoms with Crippen LogP contribution in [0.15, 0.2) is 22.8 Å². The maximum atomic E-state index is 10.8. The molecule has 0 aliphatic rings. The third-order valence-corrected chi connectivity index (χ3v) is 1.47. The Morgan fingerprint density at radius 3 is 2.53 bits per heavy atom. The summed E-state index contributed by atoms with van der Waals surface area (Å²) >= 11 is 0. The Bertz CT molecular complexity index is 342. The first-order chi connectivity index (χ1) is 7.02. The van der Waals surface area contributed by atoms with E-state index in [0.717, 1.165) is 0 Å². The largest absolute Gasteiger partial charge is 0.479 e. The summed E-state index contributed by atoms with van der Waals surface area (Å²) in [5.74, 6) is -3.29. The van der Waals surface area contributed by atoms with Crippen LogP contribution in [0.3, 0.4) is 0 Å². The molecule has 2 atom stereocenters. The van der Waals surface area contributed by atoms with E-state index in [2.05, 4.69) is 9.15 Å². The molecule has 1 aromatic heterocycles. The predicted molar refractivity (Wildman–Crippen MR) is 43.4 cm³/mol. The van der Waals surface area contributed by atoms with Crippen molar-refractivity contribution in [1.82, 2.24) is 0 Å². The molecule has 1 heterocycles. The number of hydrogen-bond acceptors (Lipinski definition) is 6. The number of hydrogen-bond donors (Lipinski definition) is 3. The lowest BCUT2D eigenvalue weighted by Crippen LogP contribution is -2.32. The monoisotopic (exact) mass is 216 g/mol. The molecule has 0 aliphatic carbocycles. The van der Waals surface area contributed by atoms with Crippen LogP contribution in [-0.2, 0) is 14.3 Å². The number of carbonyl (C=O) groups is 2. The highest BCUT2D eigenvalue weighted by Gasteiger charge is 2.28. The number of aliphatic carboxylic acids is 1. The first-order valence-corrected chi connectivity index (χ1v) is 3.85. The number of aliphatic hydroxyl groups excluding tert-OH is 2. The summed E-state index contributed by atoms with van der Waals surface area (Å²) in [5.41, 5.74) is 0. The highest BCUT2D eigenvalue weighted by molar-refractivity contribution is 5.96. The molecule has 1 rings (SSSR count). The van der Waals surface area contributed by atoms with Crippen molar-refractivity contribution in [1.29, 1.82) is 0 Å². The minimum absolute atomic E-state index is 0.0686. The van der Waals surface area contributed by atoms with Crippen LogP contribution in [-0.4, -0.2) is 33.4 Å². The van der Waals surface area contributed by atoms with E-state index < -0.39 is 24.3 Å². The lowest BCUT2D eigenvalue weighted by Gasteiger charge is -2.10. The van der Waals surface area contributed by atoms with Crippen LogP contribution < -0.4 is 0 Å². The second-order valence-corrected chi connectivity index (χ2v) is 2.55. The Hall–Kier alpha value is -1.86. The molecule has 0 saturated heterocycles. The minimum atomic E-state index is -2.32. The Balaban J connectivity index is 2.56. The van der Waals surface area contributed by atoms with Crippen molar-refractivity contribution in [3.63, 3.8) is 0 Å². The quantitative estimate of drug-likeness (QED) is 0.344. The second kappa shape index (κ2) is 4.58. The number of ether oxygens (including phenoxy) is 1. The molecule has 0 bridgehead atoms. The summed E-state index contributed by atoms with van der Waals surface area (Å²) in [5, 5.41) is 26.1. The third-order valence-electron chi connectivity index (χ3n) is 1.47. The molecule has 0 saturated carbocycles. The van der Waals surface area contributed by atoms with E-state index in [9.17, 15) is 9.59 Å². The SMILES string of the molecule is O=C(O)C(O)C(=O)OC(O)c1ccco1. The maximum Gasteiger partial charge on any atom is 0.349 e. The summed E-state index contributed by atoms with van der Waals surface area (Å²) in [4.78, 5) is 21.0. The molecular formula is C8H8O7. The average Bonchev–Trinajstić information content (AvgIpc) is 2.68. The molecule has 7 nitrogen and oxygen atoms in total. The number of esters is 1. The van der Waals surface area contributed by atoms with Gasteiger partial charge >= 0.3 is 11.9 Å². The molecule has 7 heteroatoms. The zero-order valence-corrected chi connectivity index (χ0v) is 7.36. The molecule has 0 amide bonds. The predicted octanol–water partition coefficient (Wildman–Crippen LogP) is -0.741. The summed E-state index contributed by atoms with van der Waals surface area (Å²) in [6.07, 6.45) is -2.82. The molecule has 0 aromatic carbocycles. The first-order valence-electron chi connectivity index (χ1n) is 3.85. The topological polar surface area (TPSA) is 117 Å². The fraction of sp³-hybridized carbons (Fsp3) is 0.250. The zero-order chi connectivity index (χ0) is 11.4. The van der Waals surface area contributed by atoms with Crippen molar-refractivity contribution >= 4 is 11.9 Å². The van der Waals surface area contributed by atoms with Crippen molar-refractivity contribution in [2.24, 2.45) is 0 Å². The van der Waals surface area contributed by atoms with E-state index in [0.29, 0.717) is 0 Å². The highest BCUT2D eigenvalue weighted by atomic mass is 16.7. The van der Waals surface area contributed by atoms with Crippen molar-refractivity contribution in [3.8, 4) is 0 Å². The van der Waals surface area contributed by atoms with Crippen LogP contribution in [0.4, 0.5) is 0 Å². The molecule has 2 unspecified atom stereocenters. The lowest BCUT2D eigenvalue weighted by molar-refractivity contribution is -0.186. The zero-order valence-electron chi connectivity index (χ0n) is 7.36. The molecular weight excluding hydrogens is 208 g/mol. The van der Waals surface area contributed by atoms with Crippen molar-refractivity contribution in [2.45, 2.75) is 12.4 Å². The van der Waals surface area contributed by atoms with Crippen LogP contribution >= 0.6 is 0 Å². The number of carboxylic acids is 1. The number of carboxylic acid groups (broad SMARTS) is 1. The highest BCUT2D eigenvalue weighted by Crippen LogP contribution is 2.14. The summed E-state index contributed by atoms with van der Waals surface area (Å²) in [6.45, 7) is 0. The van der Waals surface area contributed by atoms with Gasteiger partial charge in [-0.2, -0.15) is 0 Å². The average molecular weight is 216 g/mol. The van der Waals surface area contributed by atoms with Gasteiger partial charge in [0, 0.05) is 0 Å². The molecule has 1 aromatic rings. The maximum absolute atomic E-state index is 10.8. The Morgan fingerprint density at radius 2 is 2.07 bits per heavy atom. The molecule has 82 valence electrons. The normalized spacial score (nSPS) is 14.3.